The van der Waals surface area contributed by atoms with Gasteiger partial charge < -0.3 is 40.1 Å². The summed E-state index contributed by atoms with van der Waals surface area (Å²) in [5.41, 5.74) is 0.171. The number of aliphatic hydroxyl groups is 6. The molecule has 1 aliphatic heterocycles. The van der Waals surface area contributed by atoms with Crippen molar-refractivity contribution in [3.8, 4) is 0 Å². The molecule has 44 heavy (non-hydrogen) atoms. The zero-order valence-electron chi connectivity index (χ0n) is 28.5. The molecule has 4 saturated carbocycles. The first-order chi connectivity index (χ1) is 20.4. The number of aliphatic hydroxyl groups excluding tert-OH is 6. The molecule has 0 amide bonds. The molecule has 5 fully saturated rings. The molecule has 6 N–H and O–H groups in total. The Balaban J connectivity index is 1.49. The van der Waals surface area contributed by atoms with Gasteiger partial charge in [0.1, 0.15) is 24.4 Å². The summed E-state index contributed by atoms with van der Waals surface area (Å²) in [5, 5.41) is 65.0. The molecule has 4 aliphatic carbocycles. The Labute approximate surface area is 265 Å². The summed E-state index contributed by atoms with van der Waals surface area (Å²) in [4.78, 5) is 0. The molecule has 0 radical (unpaired) electrons. The Morgan fingerprint density at radius 3 is 2.16 bits per heavy atom. The van der Waals surface area contributed by atoms with Crippen LogP contribution in [0.5, 0.6) is 0 Å². The summed E-state index contributed by atoms with van der Waals surface area (Å²) in [5.74, 6) is 0.713. The van der Waals surface area contributed by atoms with Crippen LogP contribution < -0.4 is 0 Å². The molecule has 0 aromatic carbocycles. The van der Waals surface area contributed by atoms with Crippen molar-refractivity contribution >= 4 is 0 Å². The van der Waals surface area contributed by atoms with E-state index < -0.39 is 49.0 Å². The fourth-order valence-corrected chi connectivity index (χ4v) is 11.8. The van der Waals surface area contributed by atoms with Crippen LogP contribution in [0.25, 0.3) is 0 Å². The summed E-state index contributed by atoms with van der Waals surface area (Å²) >= 11 is 0. The predicted octanol–water partition coefficient (Wildman–Crippen LogP) is 4.32. The summed E-state index contributed by atoms with van der Waals surface area (Å²) < 4.78 is 12.6. The largest absolute Gasteiger partial charge is 0.394 e. The summed E-state index contributed by atoms with van der Waals surface area (Å²) in [7, 11) is 0. The van der Waals surface area contributed by atoms with Gasteiger partial charge in [-0.1, -0.05) is 46.3 Å². The van der Waals surface area contributed by atoms with E-state index >= 15 is 0 Å². The van der Waals surface area contributed by atoms with Gasteiger partial charge in [0.25, 0.3) is 0 Å². The molecule has 5 aliphatic rings. The number of hydrogen-bond acceptors (Lipinski definition) is 8. The van der Waals surface area contributed by atoms with Crippen LogP contribution in [0.2, 0.25) is 0 Å². The number of fused-ring (bicyclic) bond motifs is 5. The SMILES string of the molecule is CC(C)=CCC[C@](C)(O[C@@H]1O[C@H](CO)[C@@H](O)[C@H](O)[C@H]1O)[C@@H]1CC[C@]2(C)[C@@H]1[C@H](O)C[C@H]1[C@@]3(C)CC[C@H](O)C(C)(C)[C@@H]3CC[C@]12C. The van der Waals surface area contributed by atoms with E-state index in [4.69, 9.17) is 9.47 Å². The summed E-state index contributed by atoms with van der Waals surface area (Å²) in [6, 6.07) is 0. The molecule has 1 saturated heterocycles. The fraction of sp³-hybridized carbons (Fsp3) is 0.944. The second kappa shape index (κ2) is 11.8. The van der Waals surface area contributed by atoms with Crippen LogP contribution in [0.3, 0.4) is 0 Å². The summed E-state index contributed by atoms with van der Waals surface area (Å²) in [6.07, 6.45) is 2.60. The topological polar surface area (TPSA) is 140 Å². The van der Waals surface area contributed by atoms with Crippen LogP contribution in [0.4, 0.5) is 0 Å². The first-order valence-electron chi connectivity index (χ1n) is 17.3. The first-order valence-corrected chi connectivity index (χ1v) is 17.3. The molecule has 8 nitrogen and oxygen atoms in total. The number of ether oxygens (including phenoxy) is 2. The van der Waals surface area contributed by atoms with Gasteiger partial charge in [0, 0.05) is 0 Å². The van der Waals surface area contributed by atoms with E-state index in [2.05, 4.69) is 61.5 Å². The van der Waals surface area contributed by atoms with Gasteiger partial charge in [-0.05, 0) is 124 Å². The van der Waals surface area contributed by atoms with Crippen molar-refractivity contribution in [3.63, 3.8) is 0 Å². The van der Waals surface area contributed by atoms with E-state index in [0.717, 1.165) is 51.4 Å². The quantitative estimate of drug-likeness (QED) is 0.231. The second-order valence-electron chi connectivity index (χ2n) is 17.3. The maximum atomic E-state index is 12.2. The van der Waals surface area contributed by atoms with Crippen molar-refractivity contribution < 1.29 is 40.1 Å². The molecule has 5 rings (SSSR count). The lowest BCUT2D eigenvalue weighted by Crippen LogP contribution is -2.67. The van der Waals surface area contributed by atoms with E-state index in [1.165, 1.54) is 5.57 Å². The van der Waals surface area contributed by atoms with Gasteiger partial charge in [0.15, 0.2) is 6.29 Å². The highest BCUT2D eigenvalue weighted by Gasteiger charge is 2.71. The predicted molar refractivity (Wildman–Crippen MR) is 168 cm³/mol. The van der Waals surface area contributed by atoms with Gasteiger partial charge in [0.2, 0.25) is 0 Å². The van der Waals surface area contributed by atoms with Crippen LogP contribution in [0.15, 0.2) is 11.6 Å². The maximum absolute atomic E-state index is 12.2. The Bertz CT molecular complexity index is 1070. The highest BCUT2D eigenvalue weighted by Crippen LogP contribution is 2.76. The molecular weight excluding hydrogens is 560 g/mol. The third-order valence-corrected chi connectivity index (χ3v) is 14.6. The zero-order chi connectivity index (χ0) is 32.6. The second-order valence-corrected chi connectivity index (χ2v) is 17.3. The molecular formula is C36H62O8. The van der Waals surface area contributed by atoms with Crippen LogP contribution in [-0.2, 0) is 9.47 Å². The molecule has 8 heteroatoms. The Morgan fingerprint density at radius 1 is 0.864 bits per heavy atom. The van der Waals surface area contributed by atoms with Crippen molar-refractivity contribution in [2.24, 2.45) is 45.3 Å². The van der Waals surface area contributed by atoms with Crippen LogP contribution in [-0.4, -0.2) is 85.8 Å². The lowest BCUT2D eigenvalue weighted by atomic mass is 9.35. The van der Waals surface area contributed by atoms with E-state index in [9.17, 15) is 30.6 Å². The van der Waals surface area contributed by atoms with Crippen molar-refractivity contribution in [1.82, 2.24) is 0 Å². The Morgan fingerprint density at radius 2 is 1.52 bits per heavy atom. The number of hydrogen-bond donors (Lipinski definition) is 6. The third kappa shape index (κ3) is 5.17. The van der Waals surface area contributed by atoms with Gasteiger partial charge in [-0.25, -0.2) is 0 Å². The van der Waals surface area contributed by atoms with Gasteiger partial charge in [-0.15, -0.1) is 0 Å². The first kappa shape index (κ1) is 34.7. The van der Waals surface area contributed by atoms with Gasteiger partial charge in [0.05, 0.1) is 24.4 Å². The molecule has 0 spiro atoms. The maximum Gasteiger partial charge on any atom is 0.187 e. The van der Waals surface area contributed by atoms with E-state index in [1.54, 1.807) is 0 Å². The molecule has 0 unspecified atom stereocenters. The lowest BCUT2D eigenvalue weighted by molar-refractivity contribution is -0.336. The summed E-state index contributed by atoms with van der Waals surface area (Å²) in [6.45, 7) is 17.5. The standard InChI is InChI=1S/C36H62O8/c1-20(2)10-9-14-36(8,44-31-30(42)29(41)28(40)23(19-37)43-31)21-11-16-35(7)27(21)22(38)18-25-33(5)15-13-26(39)32(3,4)24(33)12-17-34(25,35)6/h10,21-31,37-42H,9,11-19H2,1-8H3/t21-,22-,23-,24+,25+,26+,27+,28-,29+,30-,31+,33+,34-,35-,36+/m1/s1. The molecule has 15 atom stereocenters. The zero-order valence-corrected chi connectivity index (χ0v) is 28.5. The number of rotatable bonds is 7. The van der Waals surface area contributed by atoms with Gasteiger partial charge in [-0.2, -0.15) is 0 Å². The molecule has 0 aromatic rings. The van der Waals surface area contributed by atoms with E-state index in [-0.39, 0.29) is 39.6 Å². The van der Waals surface area contributed by atoms with Crippen LogP contribution in [0.1, 0.15) is 113 Å². The molecule has 254 valence electrons. The van der Waals surface area contributed by atoms with Crippen molar-refractivity contribution in [2.75, 3.05) is 6.61 Å². The average molecular weight is 623 g/mol. The van der Waals surface area contributed by atoms with Crippen molar-refractivity contribution in [3.05, 3.63) is 11.6 Å². The van der Waals surface area contributed by atoms with E-state index in [1.807, 2.05) is 0 Å². The molecule has 1 heterocycles. The highest BCUT2D eigenvalue weighted by atomic mass is 16.7. The molecule has 0 bridgehead atoms. The Hall–Kier alpha value is -0.580. The lowest BCUT2D eigenvalue weighted by Gasteiger charge is -2.70. The normalized spacial score (nSPS) is 51.5. The molecule has 0 aromatic heterocycles. The van der Waals surface area contributed by atoms with E-state index in [0.29, 0.717) is 18.3 Å². The minimum atomic E-state index is -1.50. The van der Waals surface area contributed by atoms with Crippen molar-refractivity contribution in [2.45, 2.75) is 162 Å². The highest BCUT2D eigenvalue weighted by molar-refractivity contribution is 5.20. The minimum Gasteiger partial charge on any atom is -0.394 e. The fourth-order valence-electron chi connectivity index (χ4n) is 11.8. The van der Waals surface area contributed by atoms with Crippen LogP contribution in [0, 0.1) is 45.3 Å². The van der Waals surface area contributed by atoms with Crippen molar-refractivity contribution in [1.29, 1.82) is 0 Å². The third-order valence-electron chi connectivity index (χ3n) is 14.6. The average Bonchev–Trinajstić information content (AvgIpc) is 3.33. The van der Waals surface area contributed by atoms with Crippen LogP contribution >= 0.6 is 0 Å². The minimum absolute atomic E-state index is 0.0131. The van der Waals surface area contributed by atoms with Gasteiger partial charge in [-0.3, -0.25) is 0 Å². The van der Waals surface area contributed by atoms with Gasteiger partial charge >= 0.3 is 0 Å². The Kier molecular flexibility index (Phi) is 9.35. The number of allylic oxidation sites excluding steroid dienone is 2. The smallest absolute Gasteiger partial charge is 0.187 e. The monoisotopic (exact) mass is 622 g/mol.